The molecule has 1 heterocycles. The number of hydrogen-bond acceptors (Lipinski definition) is 3. The lowest BCUT2D eigenvalue weighted by atomic mass is 10.1. The molecule has 5 heteroatoms. The second kappa shape index (κ2) is 6.28. The number of fused-ring (bicyclic) bond motifs is 1. The number of carbonyl (C=O) groups excluding carboxylic acids is 3. The Bertz CT molecular complexity index is 825. The zero-order chi connectivity index (χ0) is 17.3. The third-order valence-corrected chi connectivity index (χ3v) is 4.16. The summed E-state index contributed by atoms with van der Waals surface area (Å²) >= 11 is 0. The fraction of sp³-hybridized carbons (Fsp3) is 0.211. The van der Waals surface area contributed by atoms with Gasteiger partial charge in [0.25, 0.3) is 0 Å². The van der Waals surface area contributed by atoms with Crippen molar-refractivity contribution in [2.24, 2.45) is 0 Å². The van der Waals surface area contributed by atoms with Gasteiger partial charge in [-0.3, -0.25) is 14.4 Å². The number of benzene rings is 2. The highest BCUT2D eigenvalue weighted by Crippen LogP contribution is 2.28. The number of anilines is 2. The average Bonchev–Trinajstić information content (AvgIpc) is 2.82. The van der Waals surface area contributed by atoms with Crippen LogP contribution in [0.25, 0.3) is 0 Å². The minimum atomic E-state index is -0.136. The normalized spacial score (nSPS) is 12.9. The Morgan fingerprint density at radius 2 is 1.83 bits per heavy atom. The van der Waals surface area contributed by atoms with Crippen LogP contribution < -0.4 is 10.2 Å². The number of carbonyl (C=O) groups is 3. The van der Waals surface area contributed by atoms with Crippen LogP contribution in [-0.2, 0) is 22.4 Å². The van der Waals surface area contributed by atoms with Crippen molar-refractivity contribution in [3.05, 3.63) is 59.2 Å². The number of likely N-dealkylation sites (N-methyl/N-ethyl adjacent to an activating group) is 1. The van der Waals surface area contributed by atoms with Crippen LogP contribution in [0.5, 0.6) is 0 Å². The van der Waals surface area contributed by atoms with Gasteiger partial charge >= 0.3 is 0 Å². The van der Waals surface area contributed by atoms with Crippen molar-refractivity contribution in [3.63, 3.8) is 0 Å². The number of ketones is 1. The predicted octanol–water partition coefficient (Wildman–Crippen LogP) is 2.59. The van der Waals surface area contributed by atoms with Gasteiger partial charge in [-0.05, 0) is 48.4 Å². The van der Waals surface area contributed by atoms with E-state index < -0.39 is 0 Å². The molecule has 24 heavy (non-hydrogen) atoms. The van der Waals surface area contributed by atoms with Crippen LogP contribution >= 0.6 is 0 Å². The second-order valence-corrected chi connectivity index (χ2v) is 5.95. The van der Waals surface area contributed by atoms with E-state index in [-0.39, 0.29) is 24.0 Å². The number of nitrogens with zero attached hydrogens (tertiary/aromatic N) is 1. The molecule has 1 N–H and O–H groups in total. The van der Waals surface area contributed by atoms with Crippen LogP contribution in [0.4, 0.5) is 11.4 Å². The van der Waals surface area contributed by atoms with E-state index in [1.54, 1.807) is 36.2 Å². The number of Topliss-reactive ketones (excluding diaryl/α,β-unsaturated/α-hetero) is 1. The van der Waals surface area contributed by atoms with Crippen molar-refractivity contribution in [3.8, 4) is 0 Å². The highest BCUT2D eigenvalue weighted by molar-refractivity contribution is 6.01. The summed E-state index contributed by atoms with van der Waals surface area (Å²) in [7, 11) is 1.76. The molecular formula is C19H18N2O3. The zero-order valence-electron chi connectivity index (χ0n) is 13.6. The van der Waals surface area contributed by atoms with E-state index in [1.165, 1.54) is 6.92 Å². The summed E-state index contributed by atoms with van der Waals surface area (Å²) in [5.74, 6) is -0.0779. The second-order valence-electron chi connectivity index (χ2n) is 5.95. The van der Waals surface area contributed by atoms with E-state index >= 15 is 0 Å². The van der Waals surface area contributed by atoms with Crippen LogP contribution in [-0.4, -0.2) is 24.6 Å². The highest BCUT2D eigenvalue weighted by atomic mass is 16.2. The van der Waals surface area contributed by atoms with Crippen molar-refractivity contribution in [2.45, 2.75) is 19.8 Å². The summed E-state index contributed by atoms with van der Waals surface area (Å²) in [5.41, 5.74) is 4.00. The molecular weight excluding hydrogens is 304 g/mol. The number of rotatable bonds is 4. The van der Waals surface area contributed by atoms with E-state index in [2.05, 4.69) is 5.32 Å². The summed E-state index contributed by atoms with van der Waals surface area (Å²) in [4.78, 5) is 36.8. The molecule has 0 fully saturated rings. The maximum absolute atomic E-state index is 12.2. The van der Waals surface area contributed by atoms with Crippen LogP contribution in [0, 0.1) is 0 Å². The predicted molar refractivity (Wildman–Crippen MR) is 92.3 cm³/mol. The van der Waals surface area contributed by atoms with Crippen LogP contribution in [0.15, 0.2) is 42.5 Å². The molecule has 0 saturated carbocycles. The molecule has 0 aromatic heterocycles. The standard InChI is InChI=1S/C19H18N2O3/c1-12(22)14-4-6-16(7-5-14)20-18(23)10-13-3-8-17-15(9-13)11-19(24)21(17)2/h3-9H,10-11H2,1-2H3,(H,20,23). The quantitative estimate of drug-likeness (QED) is 0.880. The smallest absolute Gasteiger partial charge is 0.231 e. The molecule has 0 bridgehead atoms. The summed E-state index contributed by atoms with van der Waals surface area (Å²) in [6.07, 6.45) is 0.618. The van der Waals surface area contributed by atoms with E-state index in [0.29, 0.717) is 17.7 Å². The maximum Gasteiger partial charge on any atom is 0.231 e. The molecule has 2 aromatic rings. The van der Waals surface area contributed by atoms with Crippen molar-refractivity contribution in [2.75, 3.05) is 17.3 Å². The highest BCUT2D eigenvalue weighted by Gasteiger charge is 2.24. The molecule has 0 radical (unpaired) electrons. The molecule has 0 saturated heterocycles. The molecule has 2 amide bonds. The first-order valence-corrected chi connectivity index (χ1v) is 7.73. The third kappa shape index (κ3) is 3.20. The number of amides is 2. The molecule has 5 nitrogen and oxygen atoms in total. The summed E-state index contributed by atoms with van der Waals surface area (Å²) in [5, 5.41) is 2.81. The number of nitrogens with one attached hydrogen (secondary N) is 1. The SMILES string of the molecule is CC(=O)c1ccc(NC(=O)Cc2ccc3c(c2)CC(=O)N3C)cc1. The van der Waals surface area contributed by atoms with Gasteiger partial charge in [0.2, 0.25) is 11.8 Å². The molecule has 0 spiro atoms. The van der Waals surface area contributed by atoms with Gasteiger partial charge in [-0.2, -0.15) is 0 Å². The molecule has 0 atom stereocenters. The zero-order valence-corrected chi connectivity index (χ0v) is 13.6. The van der Waals surface area contributed by atoms with E-state index in [1.807, 2.05) is 18.2 Å². The first-order valence-electron chi connectivity index (χ1n) is 7.73. The minimum absolute atomic E-state index is 0.00877. The summed E-state index contributed by atoms with van der Waals surface area (Å²) < 4.78 is 0. The fourth-order valence-electron chi connectivity index (χ4n) is 2.81. The Morgan fingerprint density at radius 3 is 2.50 bits per heavy atom. The number of hydrogen-bond donors (Lipinski definition) is 1. The first kappa shape index (κ1) is 15.9. The Labute approximate surface area is 140 Å². The summed E-state index contributed by atoms with van der Waals surface area (Å²) in [6, 6.07) is 12.5. The average molecular weight is 322 g/mol. The Morgan fingerprint density at radius 1 is 1.12 bits per heavy atom. The van der Waals surface area contributed by atoms with Gasteiger partial charge in [0.15, 0.2) is 5.78 Å². The third-order valence-electron chi connectivity index (χ3n) is 4.16. The van der Waals surface area contributed by atoms with E-state index in [4.69, 9.17) is 0 Å². The van der Waals surface area contributed by atoms with Gasteiger partial charge in [-0.1, -0.05) is 12.1 Å². The monoisotopic (exact) mass is 322 g/mol. The molecule has 1 aliphatic rings. The van der Waals surface area contributed by atoms with Crippen molar-refractivity contribution >= 4 is 29.0 Å². The van der Waals surface area contributed by atoms with Gasteiger partial charge in [0.1, 0.15) is 0 Å². The largest absolute Gasteiger partial charge is 0.326 e. The van der Waals surface area contributed by atoms with Gasteiger partial charge in [-0.15, -0.1) is 0 Å². The van der Waals surface area contributed by atoms with E-state index in [9.17, 15) is 14.4 Å². The lowest BCUT2D eigenvalue weighted by Crippen LogP contribution is -2.20. The fourth-order valence-corrected chi connectivity index (χ4v) is 2.81. The lowest BCUT2D eigenvalue weighted by Gasteiger charge is -2.11. The Balaban J connectivity index is 1.66. The Hall–Kier alpha value is -2.95. The lowest BCUT2D eigenvalue weighted by molar-refractivity contribution is -0.117. The van der Waals surface area contributed by atoms with Crippen LogP contribution in [0.3, 0.4) is 0 Å². The molecule has 1 aliphatic heterocycles. The van der Waals surface area contributed by atoms with Gasteiger partial charge in [0, 0.05) is 24.0 Å². The minimum Gasteiger partial charge on any atom is -0.326 e. The molecule has 2 aromatic carbocycles. The molecule has 3 rings (SSSR count). The topological polar surface area (TPSA) is 66.5 Å². The first-order chi connectivity index (χ1) is 11.4. The van der Waals surface area contributed by atoms with Crippen molar-refractivity contribution in [1.29, 1.82) is 0 Å². The van der Waals surface area contributed by atoms with Crippen LogP contribution in [0.1, 0.15) is 28.4 Å². The summed E-state index contributed by atoms with van der Waals surface area (Å²) in [6.45, 7) is 1.50. The van der Waals surface area contributed by atoms with Gasteiger partial charge in [0.05, 0.1) is 12.8 Å². The molecule has 0 aliphatic carbocycles. The van der Waals surface area contributed by atoms with Gasteiger partial charge < -0.3 is 10.2 Å². The maximum atomic E-state index is 12.2. The molecule has 0 unspecified atom stereocenters. The van der Waals surface area contributed by atoms with Crippen molar-refractivity contribution in [1.82, 2.24) is 0 Å². The van der Waals surface area contributed by atoms with E-state index in [0.717, 1.165) is 16.8 Å². The van der Waals surface area contributed by atoms with Crippen molar-refractivity contribution < 1.29 is 14.4 Å². The van der Waals surface area contributed by atoms with Gasteiger partial charge in [-0.25, -0.2) is 0 Å². The van der Waals surface area contributed by atoms with Crippen LogP contribution in [0.2, 0.25) is 0 Å². The Kier molecular flexibility index (Phi) is 4.16. The molecule has 122 valence electrons.